The van der Waals surface area contributed by atoms with E-state index in [0.29, 0.717) is 6.42 Å². The van der Waals surface area contributed by atoms with Crippen molar-refractivity contribution in [2.75, 3.05) is 6.61 Å². The highest BCUT2D eigenvalue weighted by molar-refractivity contribution is 7.89. The summed E-state index contributed by atoms with van der Waals surface area (Å²) in [4.78, 5) is 10.0. The Kier molecular flexibility index (Phi) is 5.42. The number of nitrogens with two attached hydrogens (primary N) is 1. The van der Waals surface area contributed by atoms with Crippen LogP contribution in [0.3, 0.4) is 0 Å². The minimum atomic E-state index is -3.96. The van der Waals surface area contributed by atoms with Crippen LogP contribution in [0.4, 0.5) is 0 Å². The number of carboxylic acids is 1. The van der Waals surface area contributed by atoms with Crippen molar-refractivity contribution in [2.24, 2.45) is 5.14 Å². The van der Waals surface area contributed by atoms with E-state index in [9.17, 15) is 13.2 Å². The van der Waals surface area contributed by atoms with Gasteiger partial charge in [0.05, 0.1) is 16.7 Å². The van der Waals surface area contributed by atoms with Crippen LogP contribution in [0.1, 0.15) is 12.8 Å². The van der Waals surface area contributed by atoms with Crippen molar-refractivity contribution in [1.82, 2.24) is 0 Å². The topological polar surface area (TPSA) is 107 Å². The van der Waals surface area contributed by atoms with E-state index in [4.69, 9.17) is 38.2 Å². The molecular formula is C10H11Cl2NO5S. The summed E-state index contributed by atoms with van der Waals surface area (Å²) >= 11 is 11.6. The molecule has 3 N–H and O–H groups in total. The average Bonchev–Trinajstić information content (AvgIpc) is 2.26. The lowest BCUT2D eigenvalue weighted by Crippen LogP contribution is -2.13. The van der Waals surface area contributed by atoms with Crippen molar-refractivity contribution in [1.29, 1.82) is 0 Å². The van der Waals surface area contributed by atoms with Gasteiger partial charge in [-0.25, -0.2) is 13.6 Å². The van der Waals surface area contributed by atoms with Gasteiger partial charge < -0.3 is 9.84 Å². The number of carbonyl (C=O) groups is 1. The highest BCUT2D eigenvalue weighted by Crippen LogP contribution is 2.33. The Balaban J connectivity index is 2.82. The van der Waals surface area contributed by atoms with Gasteiger partial charge in [0.25, 0.3) is 0 Å². The standard InChI is InChI=1S/C10H11Cl2NO5S/c11-6-5-9(19(13,16)17)7(12)4-8(6)18-3-1-2-10(14)15/h4-5H,1-3H2,(H,14,15)(H2,13,16,17). The molecule has 1 aromatic rings. The number of halogens is 2. The highest BCUT2D eigenvalue weighted by Gasteiger charge is 2.16. The van der Waals surface area contributed by atoms with Crippen LogP contribution in [0, 0.1) is 0 Å². The lowest BCUT2D eigenvalue weighted by Gasteiger charge is -2.10. The van der Waals surface area contributed by atoms with E-state index in [-0.39, 0.29) is 33.7 Å². The van der Waals surface area contributed by atoms with Crippen molar-refractivity contribution in [3.05, 3.63) is 22.2 Å². The van der Waals surface area contributed by atoms with E-state index in [2.05, 4.69) is 0 Å². The van der Waals surface area contributed by atoms with Crippen molar-refractivity contribution >= 4 is 39.2 Å². The molecule has 106 valence electrons. The number of primary sulfonamides is 1. The molecule has 0 aliphatic carbocycles. The smallest absolute Gasteiger partial charge is 0.303 e. The van der Waals surface area contributed by atoms with E-state index in [1.807, 2.05) is 0 Å². The number of hydrogen-bond donors (Lipinski definition) is 2. The van der Waals surface area contributed by atoms with Gasteiger partial charge in [-0.2, -0.15) is 0 Å². The lowest BCUT2D eigenvalue weighted by atomic mass is 10.3. The molecule has 0 heterocycles. The SMILES string of the molecule is NS(=O)(=O)c1cc(Cl)c(OCCCC(=O)O)cc1Cl. The molecular weight excluding hydrogens is 317 g/mol. The molecule has 0 atom stereocenters. The van der Waals surface area contributed by atoms with Crippen LogP contribution in [0.2, 0.25) is 10.0 Å². The molecule has 0 aliphatic rings. The Labute approximate surface area is 120 Å². The Hall–Kier alpha value is -1.02. The van der Waals surface area contributed by atoms with Gasteiger partial charge in [0, 0.05) is 12.5 Å². The predicted octanol–water partition coefficient (Wildman–Crippen LogP) is 1.88. The summed E-state index contributed by atoms with van der Waals surface area (Å²) < 4.78 is 27.6. The Morgan fingerprint density at radius 2 is 1.95 bits per heavy atom. The van der Waals surface area contributed by atoms with Crippen LogP contribution in [0.25, 0.3) is 0 Å². The van der Waals surface area contributed by atoms with Gasteiger partial charge in [-0.3, -0.25) is 4.79 Å². The van der Waals surface area contributed by atoms with Crippen molar-refractivity contribution < 1.29 is 23.1 Å². The minimum absolute atomic E-state index is 0.0313. The third kappa shape index (κ3) is 4.87. The second kappa shape index (κ2) is 6.42. The number of hydrogen-bond acceptors (Lipinski definition) is 4. The molecule has 0 saturated heterocycles. The average molecular weight is 328 g/mol. The summed E-state index contributed by atoms with van der Waals surface area (Å²) in [6, 6.07) is 2.32. The zero-order valence-corrected chi connectivity index (χ0v) is 11.9. The second-order valence-electron chi connectivity index (χ2n) is 3.60. The number of sulfonamides is 1. The molecule has 1 aromatic carbocycles. The van der Waals surface area contributed by atoms with Crippen molar-refractivity contribution in [3.63, 3.8) is 0 Å². The first kappa shape index (κ1) is 16.0. The van der Waals surface area contributed by atoms with Gasteiger partial charge >= 0.3 is 5.97 Å². The monoisotopic (exact) mass is 327 g/mol. The van der Waals surface area contributed by atoms with E-state index < -0.39 is 16.0 Å². The van der Waals surface area contributed by atoms with E-state index in [0.717, 1.165) is 6.07 Å². The fraction of sp³-hybridized carbons (Fsp3) is 0.300. The lowest BCUT2D eigenvalue weighted by molar-refractivity contribution is -0.137. The molecule has 0 amide bonds. The molecule has 0 aromatic heterocycles. The molecule has 1 rings (SSSR count). The molecule has 0 aliphatic heterocycles. The number of carboxylic acid groups (broad SMARTS) is 1. The summed E-state index contributed by atoms with van der Waals surface area (Å²) in [5, 5.41) is 13.3. The van der Waals surface area contributed by atoms with Gasteiger partial charge in [-0.05, 0) is 12.5 Å². The molecule has 0 bridgehead atoms. The molecule has 0 fully saturated rings. The maximum Gasteiger partial charge on any atom is 0.303 e. The van der Waals surface area contributed by atoms with E-state index >= 15 is 0 Å². The fourth-order valence-electron chi connectivity index (χ4n) is 1.24. The van der Waals surface area contributed by atoms with Crippen LogP contribution < -0.4 is 9.88 Å². The van der Waals surface area contributed by atoms with Crippen LogP contribution in [0.5, 0.6) is 5.75 Å². The number of aliphatic carboxylic acids is 1. The van der Waals surface area contributed by atoms with Crippen molar-refractivity contribution in [2.45, 2.75) is 17.7 Å². The summed E-state index contributed by atoms with van der Waals surface area (Å²) in [7, 11) is -3.96. The highest BCUT2D eigenvalue weighted by atomic mass is 35.5. The summed E-state index contributed by atoms with van der Waals surface area (Å²) in [6.45, 7) is 0.122. The van der Waals surface area contributed by atoms with E-state index in [1.165, 1.54) is 6.07 Å². The Bertz CT molecular complexity index is 588. The van der Waals surface area contributed by atoms with Gasteiger partial charge in [0.15, 0.2) is 0 Å². The zero-order chi connectivity index (χ0) is 14.6. The largest absolute Gasteiger partial charge is 0.492 e. The number of benzene rings is 1. The first-order chi connectivity index (χ1) is 8.71. The van der Waals surface area contributed by atoms with Crippen LogP contribution in [0.15, 0.2) is 17.0 Å². The van der Waals surface area contributed by atoms with Crippen LogP contribution >= 0.6 is 23.2 Å². The molecule has 0 spiro atoms. The van der Waals surface area contributed by atoms with Crippen LogP contribution in [-0.4, -0.2) is 26.1 Å². The van der Waals surface area contributed by atoms with Crippen LogP contribution in [-0.2, 0) is 14.8 Å². The molecule has 0 unspecified atom stereocenters. The molecule has 19 heavy (non-hydrogen) atoms. The normalized spacial score (nSPS) is 11.3. The van der Waals surface area contributed by atoms with Gasteiger partial charge in [-0.15, -0.1) is 0 Å². The Morgan fingerprint density at radius 3 is 2.47 bits per heavy atom. The molecule has 0 saturated carbocycles. The fourth-order valence-corrected chi connectivity index (χ4v) is 2.62. The van der Waals surface area contributed by atoms with Gasteiger partial charge in [0.1, 0.15) is 10.6 Å². The van der Waals surface area contributed by atoms with E-state index in [1.54, 1.807) is 0 Å². The Morgan fingerprint density at radius 1 is 1.32 bits per heavy atom. The molecule has 0 radical (unpaired) electrons. The first-order valence-corrected chi connectivity index (χ1v) is 7.38. The summed E-state index contributed by atoms with van der Waals surface area (Å²) in [5.74, 6) is -0.762. The molecule has 9 heteroatoms. The quantitative estimate of drug-likeness (QED) is 0.776. The van der Waals surface area contributed by atoms with Crippen molar-refractivity contribution in [3.8, 4) is 5.75 Å². The summed E-state index contributed by atoms with van der Waals surface area (Å²) in [5.41, 5.74) is 0. The predicted molar refractivity (Wildman–Crippen MR) is 70.2 cm³/mol. The zero-order valence-electron chi connectivity index (χ0n) is 9.60. The maximum absolute atomic E-state index is 11.2. The number of rotatable bonds is 6. The van der Waals surface area contributed by atoms with Gasteiger partial charge in [-0.1, -0.05) is 23.2 Å². The molecule has 6 nitrogen and oxygen atoms in total. The third-order valence-electron chi connectivity index (χ3n) is 2.09. The minimum Gasteiger partial charge on any atom is -0.492 e. The first-order valence-electron chi connectivity index (χ1n) is 5.08. The second-order valence-corrected chi connectivity index (χ2v) is 5.95. The third-order valence-corrected chi connectivity index (χ3v) is 3.76. The maximum atomic E-state index is 11.2. The number of ether oxygens (including phenoxy) is 1. The van der Waals surface area contributed by atoms with Gasteiger partial charge in [0.2, 0.25) is 10.0 Å². The summed E-state index contributed by atoms with van der Waals surface area (Å²) in [6.07, 6.45) is 0.251.